The topological polar surface area (TPSA) is 49.9 Å². The number of carbonyl (C=O) groups excluding carboxylic acids is 1. The van der Waals surface area contributed by atoms with Gasteiger partial charge in [0.05, 0.1) is 5.56 Å². The van der Waals surface area contributed by atoms with E-state index in [0.717, 1.165) is 5.56 Å². The van der Waals surface area contributed by atoms with E-state index in [-0.39, 0.29) is 17.1 Å². The molecule has 0 fully saturated rings. The quantitative estimate of drug-likeness (QED) is 0.868. The summed E-state index contributed by atoms with van der Waals surface area (Å²) in [6, 6.07) is 8.94. The molecule has 0 bridgehead atoms. The minimum absolute atomic E-state index is 0.0340. The molecule has 3 rings (SSSR count). The monoisotopic (exact) mass is 273 g/mol. The van der Waals surface area contributed by atoms with Crippen molar-refractivity contribution in [3.63, 3.8) is 0 Å². The molecule has 1 aliphatic carbocycles. The SMILES string of the molecule is O=C1CC(c2ccccc2Cl)Cc2[nH]ccc(=O)c21. The molecule has 0 saturated heterocycles. The van der Waals surface area contributed by atoms with Crippen molar-refractivity contribution >= 4 is 17.4 Å². The van der Waals surface area contributed by atoms with E-state index in [1.165, 1.54) is 6.07 Å². The van der Waals surface area contributed by atoms with Crippen LogP contribution in [0.1, 0.15) is 34.0 Å². The van der Waals surface area contributed by atoms with Crippen molar-refractivity contribution in [3.8, 4) is 0 Å². The summed E-state index contributed by atoms with van der Waals surface area (Å²) in [6.45, 7) is 0. The molecule has 0 amide bonds. The second kappa shape index (κ2) is 4.67. The van der Waals surface area contributed by atoms with Crippen LogP contribution in [0, 0.1) is 0 Å². The minimum Gasteiger partial charge on any atom is -0.364 e. The number of Topliss-reactive ketones (excluding diaryl/α,β-unsaturated/α-hetero) is 1. The highest BCUT2D eigenvalue weighted by atomic mass is 35.5. The number of fused-ring (bicyclic) bond motifs is 1. The smallest absolute Gasteiger partial charge is 0.192 e. The van der Waals surface area contributed by atoms with Gasteiger partial charge in [-0.05, 0) is 24.0 Å². The van der Waals surface area contributed by atoms with E-state index < -0.39 is 0 Å². The number of aromatic amines is 1. The van der Waals surface area contributed by atoms with Crippen LogP contribution < -0.4 is 5.43 Å². The lowest BCUT2D eigenvalue weighted by atomic mass is 9.81. The molecule has 1 aromatic carbocycles. The van der Waals surface area contributed by atoms with Gasteiger partial charge in [-0.3, -0.25) is 9.59 Å². The van der Waals surface area contributed by atoms with Crippen molar-refractivity contribution in [2.24, 2.45) is 0 Å². The highest BCUT2D eigenvalue weighted by Crippen LogP contribution is 2.34. The van der Waals surface area contributed by atoms with E-state index in [9.17, 15) is 9.59 Å². The van der Waals surface area contributed by atoms with Crippen LogP contribution in [0.2, 0.25) is 5.02 Å². The summed E-state index contributed by atoms with van der Waals surface area (Å²) in [4.78, 5) is 26.9. The summed E-state index contributed by atoms with van der Waals surface area (Å²) in [5, 5.41) is 0.669. The Bertz CT molecular complexity index is 705. The summed E-state index contributed by atoms with van der Waals surface area (Å²) < 4.78 is 0. The van der Waals surface area contributed by atoms with E-state index >= 15 is 0 Å². The number of hydrogen-bond donors (Lipinski definition) is 1. The maximum atomic E-state index is 12.1. The number of H-pyrrole nitrogens is 1. The van der Waals surface area contributed by atoms with Crippen molar-refractivity contribution in [1.82, 2.24) is 4.98 Å². The van der Waals surface area contributed by atoms with Gasteiger partial charge in [0.25, 0.3) is 0 Å². The van der Waals surface area contributed by atoms with Gasteiger partial charge in [-0.15, -0.1) is 0 Å². The van der Waals surface area contributed by atoms with Gasteiger partial charge in [0.2, 0.25) is 0 Å². The third kappa shape index (κ3) is 2.10. The van der Waals surface area contributed by atoms with Gasteiger partial charge in [0.15, 0.2) is 11.2 Å². The van der Waals surface area contributed by atoms with Crippen LogP contribution in [0.4, 0.5) is 0 Å². The first-order chi connectivity index (χ1) is 9.16. The first-order valence-electron chi connectivity index (χ1n) is 6.15. The molecule has 0 aliphatic heterocycles. The number of rotatable bonds is 1. The number of nitrogens with one attached hydrogen (secondary N) is 1. The molecule has 19 heavy (non-hydrogen) atoms. The lowest BCUT2D eigenvalue weighted by molar-refractivity contribution is 0.0962. The van der Waals surface area contributed by atoms with Crippen LogP contribution in [-0.2, 0) is 6.42 Å². The van der Waals surface area contributed by atoms with Crippen LogP contribution in [0.3, 0.4) is 0 Å². The zero-order valence-electron chi connectivity index (χ0n) is 10.2. The fourth-order valence-electron chi connectivity index (χ4n) is 2.66. The lowest BCUT2D eigenvalue weighted by Crippen LogP contribution is -2.26. The normalized spacial score (nSPS) is 18.2. The zero-order chi connectivity index (χ0) is 13.4. The zero-order valence-corrected chi connectivity index (χ0v) is 10.9. The number of ketones is 1. The van der Waals surface area contributed by atoms with Gasteiger partial charge in [-0.2, -0.15) is 0 Å². The fourth-order valence-corrected chi connectivity index (χ4v) is 2.95. The minimum atomic E-state index is -0.198. The molecule has 96 valence electrons. The Morgan fingerprint density at radius 2 is 1.89 bits per heavy atom. The van der Waals surface area contributed by atoms with Gasteiger partial charge in [0.1, 0.15) is 0 Å². The Kier molecular flexibility index (Phi) is 2.99. The van der Waals surface area contributed by atoms with Crippen molar-refractivity contribution in [1.29, 1.82) is 0 Å². The third-order valence-corrected chi connectivity index (χ3v) is 3.89. The first-order valence-corrected chi connectivity index (χ1v) is 6.53. The summed E-state index contributed by atoms with van der Waals surface area (Å²) in [6.07, 6.45) is 2.56. The molecule has 0 spiro atoms. The van der Waals surface area contributed by atoms with Gasteiger partial charge in [-0.1, -0.05) is 29.8 Å². The Morgan fingerprint density at radius 1 is 1.11 bits per heavy atom. The summed E-state index contributed by atoms with van der Waals surface area (Å²) in [7, 11) is 0. The van der Waals surface area contributed by atoms with E-state index in [1.54, 1.807) is 6.20 Å². The van der Waals surface area contributed by atoms with E-state index in [0.29, 0.717) is 29.1 Å². The highest BCUT2D eigenvalue weighted by Gasteiger charge is 2.29. The number of aromatic nitrogens is 1. The molecule has 0 radical (unpaired) electrons. The molecule has 1 aliphatic rings. The Balaban J connectivity index is 2.05. The van der Waals surface area contributed by atoms with Crippen molar-refractivity contribution in [3.05, 3.63) is 68.6 Å². The predicted octanol–water partition coefficient (Wildman–Crippen LogP) is 2.94. The second-order valence-electron chi connectivity index (χ2n) is 4.75. The molecule has 4 heteroatoms. The second-order valence-corrected chi connectivity index (χ2v) is 5.15. The average molecular weight is 274 g/mol. The number of carbonyl (C=O) groups is 1. The molecule has 1 aromatic heterocycles. The number of hydrogen-bond acceptors (Lipinski definition) is 2. The summed E-state index contributed by atoms with van der Waals surface area (Å²) >= 11 is 6.18. The van der Waals surface area contributed by atoms with E-state index in [2.05, 4.69) is 4.98 Å². The number of halogens is 1. The van der Waals surface area contributed by atoms with Gasteiger partial charge in [0, 0.05) is 29.4 Å². The van der Waals surface area contributed by atoms with Crippen LogP contribution in [0.5, 0.6) is 0 Å². The molecule has 0 saturated carbocycles. The maximum Gasteiger partial charge on any atom is 0.192 e. The third-order valence-electron chi connectivity index (χ3n) is 3.55. The van der Waals surface area contributed by atoms with Crippen LogP contribution in [0.25, 0.3) is 0 Å². The molecule has 1 atom stereocenters. The van der Waals surface area contributed by atoms with Gasteiger partial charge < -0.3 is 4.98 Å². The molecule has 1 heterocycles. The largest absolute Gasteiger partial charge is 0.364 e. The predicted molar refractivity (Wildman–Crippen MR) is 73.9 cm³/mol. The maximum absolute atomic E-state index is 12.1. The average Bonchev–Trinajstić information content (AvgIpc) is 2.39. The standard InChI is InChI=1S/C15H12ClNO2/c16-11-4-2-1-3-10(11)9-7-12-15(14(19)8-9)13(18)5-6-17-12/h1-6,9H,7-8H2,(H,17,18). The van der Waals surface area contributed by atoms with E-state index in [1.807, 2.05) is 24.3 Å². The Morgan fingerprint density at radius 3 is 2.68 bits per heavy atom. The Hall–Kier alpha value is -1.87. The molecule has 1 N–H and O–H groups in total. The van der Waals surface area contributed by atoms with Crippen molar-refractivity contribution < 1.29 is 4.79 Å². The lowest BCUT2D eigenvalue weighted by Gasteiger charge is -2.23. The first kappa shape index (κ1) is 12.2. The molecular formula is C15H12ClNO2. The molecule has 3 nitrogen and oxygen atoms in total. The number of benzene rings is 1. The van der Waals surface area contributed by atoms with Gasteiger partial charge in [-0.25, -0.2) is 0 Å². The van der Waals surface area contributed by atoms with Crippen molar-refractivity contribution in [2.75, 3.05) is 0 Å². The highest BCUT2D eigenvalue weighted by molar-refractivity contribution is 6.31. The fraction of sp³-hybridized carbons (Fsp3) is 0.200. The Labute approximate surface area is 115 Å². The molecule has 2 aromatic rings. The van der Waals surface area contributed by atoms with Crippen molar-refractivity contribution in [2.45, 2.75) is 18.8 Å². The molecular weight excluding hydrogens is 262 g/mol. The van der Waals surface area contributed by atoms with Crippen LogP contribution >= 0.6 is 11.6 Å². The summed E-state index contributed by atoms with van der Waals surface area (Å²) in [5.41, 5.74) is 1.80. The molecule has 1 unspecified atom stereocenters. The van der Waals surface area contributed by atoms with Crippen LogP contribution in [0.15, 0.2) is 41.3 Å². The van der Waals surface area contributed by atoms with Gasteiger partial charge >= 0.3 is 0 Å². The number of pyridine rings is 1. The van der Waals surface area contributed by atoms with Crippen LogP contribution in [-0.4, -0.2) is 10.8 Å². The summed E-state index contributed by atoms with van der Waals surface area (Å²) in [5.74, 6) is -0.0697. The van der Waals surface area contributed by atoms with E-state index in [4.69, 9.17) is 11.6 Å².